The third-order valence-corrected chi connectivity index (χ3v) is 3.36. The Morgan fingerprint density at radius 2 is 1.30 bits per heavy atom. The molecule has 0 saturated heterocycles. The molecule has 3 aliphatic rings. The molecule has 0 spiro atoms. The molecule has 56 valence electrons. The van der Waals surface area contributed by atoms with Gasteiger partial charge in [0, 0.05) is 0 Å². The standard InChI is InChI=1S/C10H16/c1-7-5-10-4-3-9(7)6-8(10)2/h3-4,7-10H,5-6H2,1-2H3. The van der Waals surface area contributed by atoms with E-state index < -0.39 is 0 Å². The highest BCUT2D eigenvalue weighted by atomic mass is 14.4. The average molecular weight is 136 g/mol. The molecule has 0 N–H and O–H groups in total. The third-order valence-electron chi connectivity index (χ3n) is 3.36. The van der Waals surface area contributed by atoms with E-state index in [1.165, 1.54) is 12.8 Å². The van der Waals surface area contributed by atoms with Gasteiger partial charge in [0.05, 0.1) is 0 Å². The normalized spacial score (nSPS) is 51.8. The fraction of sp³-hybridized carbons (Fsp3) is 0.800. The Morgan fingerprint density at radius 1 is 0.900 bits per heavy atom. The van der Waals surface area contributed by atoms with Crippen molar-refractivity contribution in [3.05, 3.63) is 12.2 Å². The monoisotopic (exact) mass is 136 g/mol. The van der Waals surface area contributed by atoms with Crippen LogP contribution in [0.1, 0.15) is 26.7 Å². The Hall–Kier alpha value is -0.260. The van der Waals surface area contributed by atoms with Crippen molar-refractivity contribution < 1.29 is 0 Å². The Kier molecular flexibility index (Phi) is 1.36. The van der Waals surface area contributed by atoms with Crippen LogP contribution in [0.4, 0.5) is 0 Å². The summed E-state index contributed by atoms with van der Waals surface area (Å²) in [6.45, 7) is 4.79. The van der Waals surface area contributed by atoms with Crippen molar-refractivity contribution in [1.29, 1.82) is 0 Å². The molecule has 3 aliphatic carbocycles. The lowest BCUT2D eigenvalue weighted by Gasteiger charge is -2.40. The molecular formula is C10H16. The zero-order chi connectivity index (χ0) is 7.14. The Bertz CT molecular complexity index is 139. The van der Waals surface area contributed by atoms with E-state index in [0.29, 0.717) is 0 Å². The largest absolute Gasteiger partial charge is 0.0849 e. The summed E-state index contributed by atoms with van der Waals surface area (Å²) in [5.74, 6) is 3.76. The molecule has 0 aromatic heterocycles. The molecule has 2 bridgehead atoms. The first-order valence-electron chi connectivity index (χ1n) is 4.45. The van der Waals surface area contributed by atoms with Crippen LogP contribution in [0.3, 0.4) is 0 Å². The van der Waals surface area contributed by atoms with Crippen LogP contribution < -0.4 is 0 Å². The van der Waals surface area contributed by atoms with Gasteiger partial charge in [0.15, 0.2) is 0 Å². The van der Waals surface area contributed by atoms with Crippen molar-refractivity contribution in [2.45, 2.75) is 26.7 Å². The van der Waals surface area contributed by atoms with Gasteiger partial charge < -0.3 is 0 Å². The van der Waals surface area contributed by atoms with Gasteiger partial charge in [-0.2, -0.15) is 0 Å². The van der Waals surface area contributed by atoms with Crippen LogP contribution in [0, 0.1) is 23.7 Å². The lowest BCUT2D eigenvalue weighted by atomic mass is 9.65. The molecule has 1 saturated carbocycles. The topological polar surface area (TPSA) is 0 Å². The van der Waals surface area contributed by atoms with Crippen molar-refractivity contribution in [2.75, 3.05) is 0 Å². The molecular weight excluding hydrogens is 120 g/mol. The maximum atomic E-state index is 2.44. The molecule has 4 unspecified atom stereocenters. The van der Waals surface area contributed by atoms with Crippen LogP contribution in [0.25, 0.3) is 0 Å². The number of fused-ring (bicyclic) bond motifs is 2. The molecule has 0 radical (unpaired) electrons. The van der Waals surface area contributed by atoms with E-state index in [-0.39, 0.29) is 0 Å². The Labute approximate surface area is 63.3 Å². The maximum absolute atomic E-state index is 2.44. The van der Waals surface area contributed by atoms with Crippen molar-refractivity contribution >= 4 is 0 Å². The van der Waals surface area contributed by atoms with E-state index in [4.69, 9.17) is 0 Å². The van der Waals surface area contributed by atoms with Gasteiger partial charge in [0.25, 0.3) is 0 Å². The lowest BCUT2D eigenvalue weighted by Crippen LogP contribution is -2.31. The molecule has 1 fully saturated rings. The van der Waals surface area contributed by atoms with E-state index in [1.54, 1.807) is 0 Å². The SMILES string of the molecule is CC1CC2C=CC1CC2C. The van der Waals surface area contributed by atoms with Crippen molar-refractivity contribution in [1.82, 2.24) is 0 Å². The van der Waals surface area contributed by atoms with E-state index in [1.807, 2.05) is 0 Å². The minimum atomic E-state index is 0.917. The number of allylic oxidation sites excluding steroid dienone is 2. The molecule has 0 nitrogen and oxygen atoms in total. The van der Waals surface area contributed by atoms with E-state index in [0.717, 1.165) is 23.7 Å². The summed E-state index contributed by atoms with van der Waals surface area (Å²) in [5.41, 5.74) is 0. The van der Waals surface area contributed by atoms with E-state index >= 15 is 0 Å². The highest BCUT2D eigenvalue weighted by molar-refractivity contribution is 5.07. The van der Waals surface area contributed by atoms with Crippen LogP contribution in [-0.2, 0) is 0 Å². The smallest absolute Gasteiger partial charge is 0.0205 e. The summed E-state index contributed by atoms with van der Waals surface area (Å²) in [6.07, 6.45) is 7.78. The van der Waals surface area contributed by atoms with Crippen molar-refractivity contribution in [2.24, 2.45) is 23.7 Å². The first-order chi connectivity index (χ1) is 4.77. The molecule has 0 heteroatoms. The first kappa shape index (κ1) is 6.45. The van der Waals surface area contributed by atoms with Gasteiger partial charge in [-0.3, -0.25) is 0 Å². The maximum Gasteiger partial charge on any atom is -0.0205 e. The fourth-order valence-electron chi connectivity index (χ4n) is 2.49. The summed E-state index contributed by atoms with van der Waals surface area (Å²) in [4.78, 5) is 0. The molecule has 0 heterocycles. The van der Waals surface area contributed by atoms with Gasteiger partial charge >= 0.3 is 0 Å². The van der Waals surface area contributed by atoms with Crippen molar-refractivity contribution in [3.8, 4) is 0 Å². The summed E-state index contributed by atoms with van der Waals surface area (Å²) in [6, 6.07) is 0. The zero-order valence-electron chi connectivity index (χ0n) is 6.88. The quantitative estimate of drug-likeness (QED) is 0.449. The predicted molar refractivity (Wildman–Crippen MR) is 43.7 cm³/mol. The fourth-order valence-corrected chi connectivity index (χ4v) is 2.49. The van der Waals surface area contributed by atoms with Crippen LogP contribution >= 0.6 is 0 Å². The minimum Gasteiger partial charge on any atom is -0.0849 e. The zero-order valence-corrected chi connectivity index (χ0v) is 6.88. The number of hydrogen-bond acceptors (Lipinski definition) is 0. The summed E-state index contributed by atoms with van der Waals surface area (Å²) < 4.78 is 0. The van der Waals surface area contributed by atoms with Crippen LogP contribution in [0.15, 0.2) is 12.2 Å². The third kappa shape index (κ3) is 0.817. The first-order valence-corrected chi connectivity index (χ1v) is 4.45. The summed E-state index contributed by atoms with van der Waals surface area (Å²) in [5, 5.41) is 0. The van der Waals surface area contributed by atoms with Gasteiger partial charge in [-0.15, -0.1) is 0 Å². The Morgan fingerprint density at radius 3 is 1.50 bits per heavy atom. The molecule has 0 aliphatic heterocycles. The molecule has 0 amide bonds. The van der Waals surface area contributed by atoms with Gasteiger partial charge in [-0.25, -0.2) is 0 Å². The number of rotatable bonds is 0. The van der Waals surface area contributed by atoms with E-state index in [2.05, 4.69) is 26.0 Å². The number of hydrogen-bond donors (Lipinski definition) is 0. The van der Waals surface area contributed by atoms with Crippen LogP contribution in [0.2, 0.25) is 0 Å². The summed E-state index contributed by atoms with van der Waals surface area (Å²) in [7, 11) is 0. The molecule has 4 atom stereocenters. The second-order valence-electron chi connectivity index (χ2n) is 4.14. The average Bonchev–Trinajstić information content (AvgIpc) is 1.91. The summed E-state index contributed by atoms with van der Waals surface area (Å²) >= 11 is 0. The van der Waals surface area contributed by atoms with Gasteiger partial charge in [-0.05, 0) is 36.5 Å². The molecule has 3 rings (SSSR count). The second-order valence-corrected chi connectivity index (χ2v) is 4.14. The van der Waals surface area contributed by atoms with E-state index in [9.17, 15) is 0 Å². The highest BCUT2D eigenvalue weighted by Crippen LogP contribution is 2.43. The van der Waals surface area contributed by atoms with Gasteiger partial charge in [0.2, 0.25) is 0 Å². The minimum absolute atomic E-state index is 0.917. The van der Waals surface area contributed by atoms with Crippen molar-refractivity contribution in [3.63, 3.8) is 0 Å². The second kappa shape index (κ2) is 2.11. The van der Waals surface area contributed by atoms with Gasteiger partial charge in [-0.1, -0.05) is 26.0 Å². The molecule has 10 heavy (non-hydrogen) atoms. The Balaban J connectivity index is 2.20. The molecule has 0 aromatic rings. The molecule has 0 aromatic carbocycles. The van der Waals surface area contributed by atoms with Gasteiger partial charge in [0.1, 0.15) is 0 Å². The van der Waals surface area contributed by atoms with Crippen LogP contribution in [0.5, 0.6) is 0 Å². The van der Waals surface area contributed by atoms with Crippen LogP contribution in [-0.4, -0.2) is 0 Å². The predicted octanol–water partition coefficient (Wildman–Crippen LogP) is 2.85. The lowest BCUT2D eigenvalue weighted by molar-refractivity contribution is 0.172. The highest BCUT2D eigenvalue weighted by Gasteiger charge is 2.33.